The first kappa shape index (κ1) is 13.9. The summed E-state index contributed by atoms with van der Waals surface area (Å²) < 4.78 is 37.9. The van der Waals surface area contributed by atoms with Crippen LogP contribution < -0.4 is 5.32 Å². The van der Waals surface area contributed by atoms with Crippen LogP contribution >= 0.6 is 0 Å². The van der Waals surface area contributed by atoms with Crippen molar-refractivity contribution >= 4 is 16.9 Å². The zero-order valence-corrected chi connectivity index (χ0v) is 11.0. The van der Waals surface area contributed by atoms with Crippen LogP contribution in [-0.4, -0.2) is 40.4 Å². The van der Waals surface area contributed by atoms with Crippen molar-refractivity contribution in [1.29, 1.82) is 0 Å². The molecule has 2 aromatic rings. The minimum absolute atomic E-state index is 0.0438. The highest BCUT2D eigenvalue weighted by atomic mass is 19.4. The topological polar surface area (TPSA) is 61.0 Å². The molecule has 1 amide bonds. The Morgan fingerprint density at radius 3 is 2.86 bits per heavy atom. The van der Waals surface area contributed by atoms with Crippen LogP contribution in [0.25, 0.3) is 11.0 Å². The Balaban J connectivity index is 1.85. The van der Waals surface area contributed by atoms with E-state index in [0.717, 1.165) is 12.1 Å². The van der Waals surface area contributed by atoms with Crippen molar-refractivity contribution in [2.75, 3.05) is 19.6 Å². The average molecular weight is 298 g/mol. The van der Waals surface area contributed by atoms with Gasteiger partial charge in [0.25, 0.3) is 0 Å². The van der Waals surface area contributed by atoms with E-state index in [0.29, 0.717) is 24.4 Å². The molecule has 8 heteroatoms. The lowest BCUT2D eigenvalue weighted by Crippen LogP contribution is -2.47. The second-order valence-corrected chi connectivity index (χ2v) is 4.91. The van der Waals surface area contributed by atoms with Gasteiger partial charge < -0.3 is 15.2 Å². The number of aromatic amines is 1. The molecule has 0 radical (unpaired) electrons. The maximum absolute atomic E-state index is 12.6. The lowest BCUT2D eigenvalue weighted by atomic mass is 10.2. The van der Waals surface area contributed by atoms with E-state index >= 15 is 0 Å². The van der Waals surface area contributed by atoms with Crippen molar-refractivity contribution in [2.45, 2.75) is 12.7 Å². The average Bonchev–Trinajstić information content (AvgIpc) is 2.81. The molecule has 0 aliphatic carbocycles. The molecule has 0 spiro atoms. The third-order valence-corrected chi connectivity index (χ3v) is 3.39. The number of fused-ring (bicyclic) bond motifs is 1. The van der Waals surface area contributed by atoms with Crippen LogP contribution in [0.1, 0.15) is 11.4 Å². The van der Waals surface area contributed by atoms with Gasteiger partial charge in [0.2, 0.25) is 5.91 Å². The van der Waals surface area contributed by atoms with Gasteiger partial charge in [-0.2, -0.15) is 13.2 Å². The number of amides is 1. The summed E-state index contributed by atoms with van der Waals surface area (Å²) in [6, 6.07) is 3.38. The summed E-state index contributed by atoms with van der Waals surface area (Å²) >= 11 is 0. The van der Waals surface area contributed by atoms with Crippen molar-refractivity contribution in [1.82, 2.24) is 20.2 Å². The first-order valence-electron chi connectivity index (χ1n) is 6.48. The third-order valence-electron chi connectivity index (χ3n) is 3.39. The molecule has 1 aromatic heterocycles. The first-order valence-corrected chi connectivity index (χ1v) is 6.48. The van der Waals surface area contributed by atoms with Gasteiger partial charge in [0.1, 0.15) is 5.82 Å². The predicted octanol–water partition coefficient (Wildman–Crippen LogP) is 1.51. The molecule has 2 N–H and O–H groups in total. The van der Waals surface area contributed by atoms with E-state index in [1.807, 2.05) is 0 Å². The van der Waals surface area contributed by atoms with E-state index in [1.165, 1.54) is 6.07 Å². The highest BCUT2D eigenvalue weighted by molar-refractivity contribution is 5.79. The second-order valence-electron chi connectivity index (χ2n) is 4.91. The summed E-state index contributed by atoms with van der Waals surface area (Å²) in [5.41, 5.74) is 0.0503. The molecule has 0 unspecified atom stereocenters. The Bertz CT molecular complexity index is 680. The molecule has 2 heterocycles. The van der Waals surface area contributed by atoms with E-state index in [1.54, 1.807) is 4.90 Å². The summed E-state index contributed by atoms with van der Waals surface area (Å²) in [6.45, 7) is 1.81. The molecular formula is C13H13F3N4O. The fourth-order valence-corrected chi connectivity index (χ4v) is 2.30. The van der Waals surface area contributed by atoms with Crippen LogP contribution in [0.15, 0.2) is 18.2 Å². The molecule has 0 atom stereocenters. The van der Waals surface area contributed by atoms with Gasteiger partial charge in [0.05, 0.1) is 29.7 Å². The number of alkyl halides is 3. The minimum Gasteiger partial charge on any atom is -0.340 e. The van der Waals surface area contributed by atoms with Crippen LogP contribution in [-0.2, 0) is 17.5 Å². The van der Waals surface area contributed by atoms with Crippen molar-refractivity contribution in [2.24, 2.45) is 0 Å². The molecule has 1 saturated heterocycles. The summed E-state index contributed by atoms with van der Waals surface area (Å²) in [5.74, 6) is 0.442. The molecule has 1 aliphatic rings. The fraction of sp³-hybridized carbons (Fsp3) is 0.385. The van der Waals surface area contributed by atoms with Gasteiger partial charge in [-0.25, -0.2) is 4.98 Å². The normalized spacial score (nSPS) is 16.7. The van der Waals surface area contributed by atoms with Crippen LogP contribution in [0.2, 0.25) is 0 Å². The predicted molar refractivity (Wildman–Crippen MR) is 69.4 cm³/mol. The number of H-pyrrole nitrogens is 1. The molecular weight excluding hydrogens is 285 g/mol. The van der Waals surface area contributed by atoms with Crippen molar-refractivity contribution in [3.8, 4) is 0 Å². The molecule has 0 saturated carbocycles. The summed E-state index contributed by atoms with van der Waals surface area (Å²) in [4.78, 5) is 20.4. The van der Waals surface area contributed by atoms with E-state index < -0.39 is 11.7 Å². The number of carbonyl (C=O) groups excluding carboxylic acids is 1. The second kappa shape index (κ2) is 5.03. The summed E-state index contributed by atoms with van der Waals surface area (Å²) in [5, 5.41) is 2.95. The number of piperazine rings is 1. The van der Waals surface area contributed by atoms with Crippen LogP contribution in [0, 0.1) is 0 Å². The molecule has 3 rings (SSSR count). The highest BCUT2D eigenvalue weighted by Gasteiger charge is 2.30. The summed E-state index contributed by atoms with van der Waals surface area (Å²) in [6.07, 6.45) is -4.39. The van der Waals surface area contributed by atoms with Crippen molar-refractivity contribution in [3.05, 3.63) is 29.6 Å². The molecule has 112 valence electrons. The molecule has 1 aliphatic heterocycles. The van der Waals surface area contributed by atoms with Crippen molar-refractivity contribution in [3.63, 3.8) is 0 Å². The number of rotatable bonds is 2. The Morgan fingerprint density at radius 2 is 2.14 bits per heavy atom. The highest BCUT2D eigenvalue weighted by Crippen LogP contribution is 2.30. The van der Waals surface area contributed by atoms with Gasteiger partial charge in [0, 0.05) is 13.1 Å². The third kappa shape index (κ3) is 2.85. The Morgan fingerprint density at radius 1 is 1.33 bits per heavy atom. The Hall–Kier alpha value is -2.09. The lowest BCUT2D eigenvalue weighted by molar-refractivity contribution is -0.137. The monoisotopic (exact) mass is 298 g/mol. The van der Waals surface area contributed by atoms with Crippen LogP contribution in [0.4, 0.5) is 13.2 Å². The van der Waals surface area contributed by atoms with Crippen molar-refractivity contribution < 1.29 is 18.0 Å². The zero-order chi connectivity index (χ0) is 15.0. The largest absolute Gasteiger partial charge is 0.416 e. The summed E-state index contributed by atoms with van der Waals surface area (Å²) in [7, 11) is 0. The zero-order valence-electron chi connectivity index (χ0n) is 11.0. The Kier molecular flexibility index (Phi) is 3.32. The number of carbonyl (C=O) groups is 1. The number of nitrogens with zero attached hydrogens (tertiary/aromatic N) is 2. The standard InChI is InChI=1S/C13H13F3N4O/c14-13(15,16)8-1-2-9-10(5-8)19-11(18-9)7-20-4-3-17-6-12(20)21/h1-2,5,17H,3-4,6-7H2,(H,18,19). The van der Waals surface area contributed by atoms with Gasteiger partial charge in [-0.15, -0.1) is 0 Å². The van der Waals surface area contributed by atoms with Crippen LogP contribution in [0.5, 0.6) is 0 Å². The molecule has 5 nitrogen and oxygen atoms in total. The van der Waals surface area contributed by atoms with Gasteiger partial charge in [0.15, 0.2) is 0 Å². The van der Waals surface area contributed by atoms with E-state index in [4.69, 9.17) is 0 Å². The van der Waals surface area contributed by atoms with Crippen LogP contribution in [0.3, 0.4) is 0 Å². The van der Waals surface area contributed by atoms with E-state index in [9.17, 15) is 18.0 Å². The maximum atomic E-state index is 12.6. The first-order chi connectivity index (χ1) is 9.93. The van der Waals surface area contributed by atoms with Gasteiger partial charge in [-0.3, -0.25) is 4.79 Å². The minimum atomic E-state index is -4.39. The molecule has 0 bridgehead atoms. The Labute approximate surface area is 118 Å². The smallest absolute Gasteiger partial charge is 0.340 e. The van der Waals surface area contributed by atoms with Gasteiger partial charge in [-0.1, -0.05) is 0 Å². The molecule has 21 heavy (non-hydrogen) atoms. The number of nitrogens with one attached hydrogen (secondary N) is 2. The number of imidazole rings is 1. The lowest BCUT2D eigenvalue weighted by Gasteiger charge is -2.26. The quantitative estimate of drug-likeness (QED) is 0.883. The number of halogens is 3. The number of hydrogen-bond donors (Lipinski definition) is 2. The van der Waals surface area contributed by atoms with Gasteiger partial charge >= 0.3 is 6.18 Å². The molecule has 1 aromatic carbocycles. The number of hydrogen-bond acceptors (Lipinski definition) is 3. The number of aromatic nitrogens is 2. The van der Waals surface area contributed by atoms with E-state index in [2.05, 4.69) is 15.3 Å². The van der Waals surface area contributed by atoms with E-state index in [-0.39, 0.29) is 24.5 Å². The fourth-order valence-electron chi connectivity index (χ4n) is 2.30. The SMILES string of the molecule is O=C1CNCCN1Cc1nc2cc(C(F)(F)F)ccc2[nH]1. The number of benzene rings is 1. The maximum Gasteiger partial charge on any atom is 0.416 e. The molecule has 1 fully saturated rings. The van der Waals surface area contributed by atoms with Gasteiger partial charge in [-0.05, 0) is 18.2 Å².